The lowest BCUT2D eigenvalue weighted by Gasteiger charge is -2.31. The molecule has 2 aromatic heterocycles. The van der Waals surface area contributed by atoms with Crippen molar-refractivity contribution >= 4 is 6.47 Å². The van der Waals surface area contributed by atoms with E-state index in [-0.39, 0.29) is 6.47 Å². The highest BCUT2D eigenvalue weighted by Crippen LogP contribution is 2.38. The first-order chi connectivity index (χ1) is 30.2. The molecule has 4 unspecified atom stereocenters. The van der Waals surface area contributed by atoms with Crippen LogP contribution in [0.15, 0.2) is 37.4 Å². The third-order valence-electron chi connectivity index (χ3n) is 14.5. The van der Waals surface area contributed by atoms with Crippen LogP contribution in [0.5, 0.6) is 0 Å². The summed E-state index contributed by atoms with van der Waals surface area (Å²) in [6, 6.07) is 0.655. The Balaban J connectivity index is 0.00000621. The molecule has 6 nitrogen and oxygen atoms in total. The van der Waals surface area contributed by atoms with Gasteiger partial charge in [-0.25, -0.2) is 18.3 Å². The van der Waals surface area contributed by atoms with Crippen molar-refractivity contribution in [3.8, 4) is 0 Å². The summed E-state index contributed by atoms with van der Waals surface area (Å²) < 4.78 is 9.54. The summed E-state index contributed by atoms with van der Waals surface area (Å²) in [6.07, 6.45) is 64.6. The number of aryl methyl sites for hydroxylation is 3. The van der Waals surface area contributed by atoms with Gasteiger partial charge in [-0.2, -0.15) is 0 Å². The zero-order valence-corrected chi connectivity index (χ0v) is 42.8. The number of nitrogens with zero attached hydrogens (tertiary/aromatic N) is 4. The first-order valence-corrected chi connectivity index (χ1v) is 27.4. The molecular weight excluding hydrogens is 761 g/mol. The smallest absolute Gasteiger partial charge is 0.290 e. The van der Waals surface area contributed by atoms with Gasteiger partial charge in [0.25, 0.3) is 6.47 Å². The van der Waals surface area contributed by atoms with Crippen LogP contribution in [0.2, 0.25) is 0 Å². The predicted molar refractivity (Wildman–Crippen MR) is 268 cm³/mol. The molecule has 4 atom stereocenters. The summed E-state index contributed by atoms with van der Waals surface area (Å²) in [5.41, 5.74) is 0.508. The van der Waals surface area contributed by atoms with Crippen LogP contribution in [0.25, 0.3) is 0 Å². The molecule has 0 fully saturated rings. The van der Waals surface area contributed by atoms with Gasteiger partial charge in [-0.15, -0.1) is 0 Å². The fourth-order valence-electron chi connectivity index (χ4n) is 9.97. The number of carbonyl (C=O) groups is 1. The molecule has 0 aliphatic rings. The predicted octanol–water partition coefficient (Wildman–Crippen LogP) is 16.7. The zero-order chi connectivity index (χ0) is 45.4. The average molecular weight is 870 g/mol. The Morgan fingerprint density at radius 2 is 1.06 bits per heavy atom. The van der Waals surface area contributed by atoms with Crippen molar-refractivity contribution in [3.63, 3.8) is 0 Å². The van der Waals surface area contributed by atoms with Crippen molar-refractivity contribution in [1.82, 2.24) is 9.13 Å². The van der Waals surface area contributed by atoms with Crippen LogP contribution >= 0.6 is 0 Å². The maximum absolute atomic E-state index is 8.36. The topological polar surface area (TPSA) is 54.9 Å². The number of carboxylic acid groups (broad SMARTS) is 1. The number of aromatic nitrogens is 4. The third kappa shape index (κ3) is 31.7. The number of hydrogen-bond acceptors (Lipinski definition) is 1. The third-order valence-corrected chi connectivity index (χ3v) is 14.5. The van der Waals surface area contributed by atoms with E-state index in [0.29, 0.717) is 11.5 Å². The first-order valence-electron chi connectivity index (χ1n) is 27.4. The fourth-order valence-corrected chi connectivity index (χ4v) is 9.97. The van der Waals surface area contributed by atoms with E-state index < -0.39 is 0 Å². The average Bonchev–Trinajstić information content (AvgIpc) is 3.92. The maximum atomic E-state index is 8.36. The van der Waals surface area contributed by atoms with Gasteiger partial charge in [0.05, 0.1) is 20.1 Å². The molecule has 2 heterocycles. The van der Waals surface area contributed by atoms with E-state index in [2.05, 4.69) is 104 Å². The summed E-state index contributed by atoms with van der Waals surface area (Å²) in [5.74, 6) is 1.90. The summed E-state index contributed by atoms with van der Waals surface area (Å²) in [7, 11) is 2.19. The van der Waals surface area contributed by atoms with Gasteiger partial charge in [0, 0.05) is 0 Å². The molecule has 0 aliphatic heterocycles. The minimum absolute atomic E-state index is 0.250. The largest absolute Gasteiger partial charge is 0.483 e. The van der Waals surface area contributed by atoms with E-state index in [9.17, 15) is 0 Å². The zero-order valence-electron chi connectivity index (χ0n) is 42.8. The second-order valence-corrected chi connectivity index (χ2v) is 20.5. The van der Waals surface area contributed by atoms with Crippen LogP contribution in [0, 0.1) is 17.3 Å². The van der Waals surface area contributed by atoms with E-state index >= 15 is 0 Å². The Hall–Kier alpha value is -2.11. The lowest BCUT2D eigenvalue weighted by molar-refractivity contribution is -0.696. The second kappa shape index (κ2) is 40.4. The van der Waals surface area contributed by atoms with Crippen molar-refractivity contribution in [3.05, 3.63) is 37.4 Å². The van der Waals surface area contributed by atoms with Crippen LogP contribution in [-0.4, -0.2) is 20.7 Å². The molecule has 0 aliphatic carbocycles. The summed E-state index contributed by atoms with van der Waals surface area (Å²) in [4.78, 5) is 8.36. The minimum Gasteiger partial charge on any atom is -0.483 e. The lowest BCUT2D eigenvalue weighted by Crippen LogP contribution is -2.30. The van der Waals surface area contributed by atoms with Gasteiger partial charge in [-0.1, -0.05) is 215 Å². The molecule has 0 saturated heterocycles. The van der Waals surface area contributed by atoms with E-state index in [1.165, 1.54) is 238 Å². The standard InChI is InChI=1S/C55H106N4.CH2O2/c1-8-12-35-52(5)36-29-23-19-17-15-16-18-20-27-33-42-55(6,41-13-9-2)43-40-54(59-49-46-56(7)50-59)39-32-26-21-24-30-37-53(11-4)38-31-25-22-28-34-45-58-48-47-57(51-58)44-14-10-3;2-1-3/h46-54H,8-45H2,1-7H3;1H,(H,2,3)/q+2;. The number of unbranched alkanes of at least 4 members (excludes halogenated alkanes) is 20. The summed E-state index contributed by atoms with van der Waals surface area (Å²) >= 11 is 0. The normalized spacial score (nSPS) is 14.0. The Morgan fingerprint density at radius 1 is 0.565 bits per heavy atom. The van der Waals surface area contributed by atoms with E-state index in [4.69, 9.17) is 9.90 Å². The molecule has 0 bridgehead atoms. The van der Waals surface area contributed by atoms with Gasteiger partial charge in [-0.3, -0.25) is 4.79 Å². The van der Waals surface area contributed by atoms with E-state index in [0.717, 1.165) is 18.4 Å². The van der Waals surface area contributed by atoms with Crippen LogP contribution in [-0.2, 0) is 24.9 Å². The molecule has 0 amide bonds. The molecule has 0 saturated carbocycles. The Labute approximate surface area is 386 Å². The minimum atomic E-state index is -0.250. The summed E-state index contributed by atoms with van der Waals surface area (Å²) in [6.45, 7) is 16.6. The van der Waals surface area contributed by atoms with E-state index in [1.807, 2.05) is 0 Å². The summed E-state index contributed by atoms with van der Waals surface area (Å²) in [5, 5.41) is 6.89. The van der Waals surface area contributed by atoms with Gasteiger partial charge in [0.1, 0.15) is 30.8 Å². The SMILES string of the molecule is CCCCC(C)CCCCCCCCCCCCC(C)(CCCC)CCC(CCCCCCCC(CC)CCCCCCC[n+]1ccn(CCCC)c1)n1cc[n+](C)c1.O=CO. The van der Waals surface area contributed by atoms with Crippen molar-refractivity contribution in [1.29, 1.82) is 0 Å². The molecule has 2 aromatic rings. The number of imidazole rings is 2. The van der Waals surface area contributed by atoms with Gasteiger partial charge in [-0.05, 0) is 75.0 Å². The molecule has 62 heavy (non-hydrogen) atoms. The maximum Gasteiger partial charge on any atom is 0.290 e. The lowest BCUT2D eigenvalue weighted by atomic mass is 9.75. The molecule has 6 heteroatoms. The Bertz CT molecular complexity index is 1240. The van der Waals surface area contributed by atoms with Crippen molar-refractivity contribution in [2.75, 3.05) is 0 Å². The number of hydrogen-bond donors (Lipinski definition) is 1. The van der Waals surface area contributed by atoms with Crippen molar-refractivity contribution in [2.24, 2.45) is 24.3 Å². The fraction of sp³-hybridized carbons (Fsp3) is 0.875. The Kier molecular flexibility index (Phi) is 37.7. The monoisotopic (exact) mass is 869 g/mol. The van der Waals surface area contributed by atoms with Gasteiger partial charge < -0.3 is 5.11 Å². The van der Waals surface area contributed by atoms with Gasteiger partial charge >= 0.3 is 0 Å². The van der Waals surface area contributed by atoms with Crippen LogP contribution in [0.1, 0.15) is 279 Å². The second-order valence-electron chi connectivity index (χ2n) is 20.5. The molecule has 362 valence electrons. The molecule has 0 spiro atoms. The highest BCUT2D eigenvalue weighted by Gasteiger charge is 2.27. The first kappa shape index (κ1) is 57.9. The highest BCUT2D eigenvalue weighted by atomic mass is 16.3. The van der Waals surface area contributed by atoms with Crippen LogP contribution in [0.3, 0.4) is 0 Å². The molecule has 0 aromatic carbocycles. The van der Waals surface area contributed by atoms with Crippen LogP contribution < -0.4 is 9.13 Å². The molecule has 2 rings (SSSR count). The van der Waals surface area contributed by atoms with Gasteiger partial charge in [0.15, 0.2) is 0 Å². The van der Waals surface area contributed by atoms with Crippen molar-refractivity contribution in [2.45, 2.75) is 292 Å². The van der Waals surface area contributed by atoms with Gasteiger partial charge in [0.2, 0.25) is 12.7 Å². The molecular formula is C56H108N4O2+2. The van der Waals surface area contributed by atoms with E-state index in [1.54, 1.807) is 0 Å². The molecule has 0 radical (unpaired) electrons. The Morgan fingerprint density at radius 3 is 1.61 bits per heavy atom. The van der Waals surface area contributed by atoms with Crippen molar-refractivity contribution < 1.29 is 19.0 Å². The number of rotatable bonds is 43. The van der Waals surface area contributed by atoms with Crippen LogP contribution in [0.4, 0.5) is 0 Å². The molecule has 1 N–H and O–H groups in total. The highest BCUT2D eigenvalue weighted by molar-refractivity contribution is 5.32. The quantitative estimate of drug-likeness (QED) is 0.0410.